The van der Waals surface area contributed by atoms with Gasteiger partial charge in [0.05, 0.1) is 34.4 Å². The number of alkyl halides is 3. The van der Waals surface area contributed by atoms with Gasteiger partial charge in [-0.2, -0.15) is 13.2 Å². The Balaban J connectivity index is 1.46. The number of benzene rings is 3. The van der Waals surface area contributed by atoms with Gasteiger partial charge in [0.1, 0.15) is 5.01 Å². The summed E-state index contributed by atoms with van der Waals surface area (Å²) in [7, 11) is 0. The zero-order valence-electron chi connectivity index (χ0n) is 19.7. The van der Waals surface area contributed by atoms with Gasteiger partial charge in [0, 0.05) is 29.1 Å². The fourth-order valence-electron chi connectivity index (χ4n) is 4.13. The minimum absolute atomic E-state index is 0.0176. The summed E-state index contributed by atoms with van der Waals surface area (Å²) in [6.07, 6.45) is -2.98. The maximum absolute atomic E-state index is 13.6. The van der Waals surface area contributed by atoms with Crippen LogP contribution in [0.1, 0.15) is 37.5 Å². The zero-order chi connectivity index (χ0) is 26.9. The molecule has 2 N–H and O–H groups in total. The van der Waals surface area contributed by atoms with E-state index in [2.05, 4.69) is 10.3 Å². The van der Waals surface area contributed by atoms with Gasteiger partial charge in [0.2, 0.25) is 0 Å². The molecular weight excluding hydrogens is 515 g/mol. The number of thiazole rings is 1. The first-order valence-electron chi connectivity index (χ1n) is 11.5. The number of rotatable bonds is 7. The van der Waals surface area contributed by atoms with Crippen LogP contribution >= 0.6 is 11.3 Å². The fraction of sp³-hybridized carbons (Fsp3) is 0.107. The van der Waals surface area contributed by atoms with Crippen molar-refractivity contribution in [2.24, 2.45) is 0 Å². The van der Waals surface area contributed by atoms with Gasteiger partial charge in [-0.15, -0.1) is 11.3 Å². The van der Waals surface area contributed by atoms with Crippen LogP contribution in [0.25, 0.3) is 21.5 Å². The minimum Gasteiger partial charge on any atom is -0.478 e. The Morgan fingerprint density at radius 2 is 1.74 bits per heavy atom. The maximum atomic E-state index is 13.6. The van der Waals surface area contributed by atoms with Crippen molar-refractivity contribution in [3.63, 3.8) is 0 Å². The van der Waals surface area contributed by atoms with Crippen LogP contribution in [0.4, 0.5) is 13.2 Å². The highest BCUT2D eigenvalue weighted by Gasteiger charge is 2.32. The lowest BCUT2D eigenvalue weighted by Crippen LogP contribution is -2.24. The molecular formula is C28H20F3N3O3S. The van der Waals surface area contributed by atoms with E-state index >= 15 is 0 Å². The number of carbonyl (C=O) groups excluding carboxylic acids is 1. The number of halogens is 3. The smallest absolute Gasteiger partial charge is 0.416 e. The highest BCUT2D eigenvalue weighted by atomic mass is 32.1. The Morgan fingerprint density at radius 3 is 2.42 bits per heavy atom. The van der Waals surface area contributed by atoms with Gasteiger partial charge in [-0.25, -0.2) is 9.78 Å². The molecule has 6 nitrogen and oxygen atoms in total. The van der Waals surface area contributed by atoms with Gasteiger partial charge < -0.3 is 15.0 Å². The van der Waals surface area contributed by atoms with Gasteiger partial charge >= 0.3 is 12.1 Å². The summed E-state index contributed by atoms with van der Waals surface area (Å²) in [6, 6.07) is 19.0. The molecule has 0 radical (unpaired) electrons. The fourth-order valence-corrected chi connectivity index (χ4v) is 4.95. The lowest BCUT2D eigenvalue weighted by atomic mass is 10.0. The molecule has 0 aliphatic rings. The van der Waals surface area contributed by atoms with E-state index in [1.165, 1.54) is 23.5 Å². The van der Waals surface area contributed by atoms with Crippen LogP contribution in [-0.4, -0.2) is 26.5 Å². The van der Waals surface area contributed by atoms with Gasteiger partial charge in [-0.1, -0.05) is 42.5 Å². The zero-order valence-corrected chi connectivity index (χ0v) is 20.5. The number of amides is 1. The highest BCUT2D eigenvalue weighted by molar-refractivity contribution is 7.13. The summed E-state index contributed by atoms with van der Waals surface area (Å²) in [5, 5.41) is 14.7. The summed E-state index contributed by atoms with van der Waals surface area (Å²) in [4.78, 5) is 28.9. The molecule has 2 aromatic heterocycles. The Morgan fingerprint density at radius 1 is 1.00 bits per heavy atom. The predicted octanol–water partition coefficient (Wildman–Crippen LogP) is 6.46. The van der Waals surface area contributed by atoms with Gasteiger partial charge in [0.15, 0.2) is 0 Å². The van der Waals surface area contributed by atoms with E-state index < -0.39 is 23.6 Å². The van der Waals surface area contributed by atoms with Crippen molar-refractivity contribution in [1.82, 2.24) is 14.9 Å². The summed E-state index contributed by atoms with van der Waals surface area (Å²) >= 11 is 1.47. The minimum atomic E-state index is -4.63. The van der Waals surface area contributed by atoms with E-state index in [1.54, 1.807) is 29.0 Å². The van der Waals surface area contributed by atoms with Crippen molar-refractivity contribution in [1.29, 1.82) is 0 Å². The number of nitrogens with one attached hydrogen (secondary N) is 1. The van der Waals surface area contributed by atoms with Crippen molar-refractivity contribution >= 4 is 34.1 Å². The number of carboxylic acids is 1. The van der Waals surface area contributed by atoms with Crippen LogP contribution in [0.3, 0.4) is 0 Å². The van der Waals surface area contributed by atoms with Crippen LogP contribution in [0.15, 0.2) is 84.4 Å². The first kappa shape index (κ1) is 25.2. The third kappa shape index (κ3) is 5.30. The Labute approximate surface area is 219 Å². The molecule has 2 heterocycles. The van der Waals surface area contributed by atoms with Gasteiger partial charge in [-0.3, -0.25) is 4.79 Å². The Hall–Kier alpha value is -4.44. The van der Waals surface area contributed by atoms with E-state index in [-0.39, 0.29) is 29.6 Å². The summed E-state index contributed by atoms with van der Waals surface area (Å²) in [5.74, 6) is -1.75. The Bertz CT molecular complexity index is 1620. The van der Waals surface area contributed by atoms with E-state index in [4.69, 9.17) is 5.11 Å². The van der Waals surface area contributed by atoms with Crippen LogP contribution in [-0.2, 0) is 19.3 Å². The van der Waals surface area contributed by atoms with Crippen LogP contribution < -0.4 is 5.32 Å². The van der Waals surface area contributed by atoms with Crippen molar-refractivity contribution in [3.8, 4) is 10.6 Å². The summed E-state index contributed by atoms with van der Waals surface area (Å²) < 4.78 is 42.6. The monoisotopic (exact) mass is 535 g/mol. The largest absolute Gasteiger partial charge is 0.478 e. The molecule has 192 valence electrons. The standard InChI is InChI=1S/C28H20F3N3O3S/c29-28(30,31)21-12-20-10-11-34(15-22-16-38-26(33-22)18-4-2-1-3-5-18)24(20)23(13-21)25(35)32-14-17-6-8-19(9-7-17)27(36)37/h1-13,16H,14-15H2,(H,32,35)(H,36,37). The Kier molecular flexibility index (Phi) is 6.73. The van der Waals surface area contributed by atoms with E-state index in [1.807, 2.05) is 35.7 Å². The quantitative estimate of drug-likeness (QED) is 0.251. The molecule has 0 spiro atoms. The second-order valence-corrected chi connectivity index (χ2v) is 9.46. The third-order valence-corrected chi connectivity index (χ3v) is 6.93. The van der Waals surface area contributed by atoms with Gasteiger partial charge in [0.25, 0.3) is 5.91 Å². The number of carboxylic acid groups (broad SMARTS) is 1. The molecule has 10 heteroatoms. The molecule has 5 aromatic rings. The van der Waals surface area contributed by atoms with E-state index in [9.17, 15) is 22.8 Å². The molecule has 0 unspecified atom stereocenters. The second kappa shape index (κ2) is 10.1. The van der Waals surface area contributed by atoms with Crippen molar-refractivity contribution in [2.75, 3.05) is 0 Å². The number of nitrogens with zero attached hydrogens (tertiary/aromatic N) is 2. The molecule has 0 saturated heterocycles. The van der Waals surface area contributed by atoms with Crippen LogP contribution in [0.5, 0.6) is 0 Å². The van der Waals surface area contributed by atoms with Crippen LogP contribution in [0, 0.1) is 0 Å². The molecule has 5 rings (SSSR count). The molecule has 0 bridgehead atoms. The normalized spacial score (nSPS) is 11.6. The van der Waals surface area contributed by atoms with Crippen molar-refractivity contribution < 1.29 is 27.9 Å². The predicted molar refractivity (Wildman–Crippen MR) is 138 cm³/mol. The van der Waals surface area contributed by atoms with E-state index in [0.717, 1.165) is 28.4 Å². The van der Waals surface area contributed by atoms with Gasteiger partial charge in [-0.05, 0) is 35.9 Å². The maximum Gasteiger partial charge on any atom is 0.416 e. The number of fused-ring (bicyclic) bond motifs is 1. The average molecular weight is 536 g/mol. The molecule has 38 heavy (non-hydrogen) atoms. The first-order chi connectivity index (χ1) is 18.2. The molecule has 0 fully saturated rings. The second-order valence-electron chi connectivity index (χ2n) is 8.60. The number of aromatic carboxylic acids is 1. The highest BCUT2D eigenvalue weighted by Crippen LogP contribution is 2.34. The number of aromatic nitrogens is 2. The average Bonchev–Trinajstić information content (AvgIpc) is 3.54. The summed E-state index contributed by atoms with van der Waals surface area (Å²) in [5.41, 5.74) is 1.72. The lowest BCUT2D eigenvalue weighted by molar-refractivity contribution is -0.137. The molecule has 0 atom stereocenters. The third-order valence-electron chi connectivity index (χ3n) is 5.99. The van der Waals surface area contributed by atoms with Crippen LogP contribution in [0.2, 0.25) is 0 Å². The number of hydrogen-bond donors (Lipinski definition) is 2. The van der Waals surface area contributed by atoms with Crippen molar-refractivity contribution in [2.45, 2.75) is 19.3 Å². The number of carbonyl (C=O) groups is 2. The lowest BCUT2D eigenvalue weighted by Gasteiger charge is -2.14. The SMILES string of the molecule is O=C(O)c1ccc(CNC(=O)c2cc(C(F)(F)F)cc3ccn(Cc4csc(-c5ccccc5)n4)c23)cc1. The first-order valence-corrected chi connectivity index (χ1v) is 12.4. The number of hydrogen-bond acceptors (Lipinski definition) is 4. The van der Waals surface area contributed by atoms with E-state index in [0.29, 0.717) is 11.1 Å². The molecule has 0 aliphatic carbocycles. The summed E-state index contributed by atoms with van der Waals surface area (Å²) in [6.45, 7) is 0.291. The molecule has 1 amide bonds. The topological polar surface area (TPSA) is 84.2 Å². The molecule has 0 saturated carbocycles. The molecule has 3 aromatic carbocycles. The molecule has 0 aliphatic heterocycles. The van der Waals surface area contributed by atoms with Crippen molar-refractivity contribution in [3.05, 3.63) is 112 Å².